The Hall–Kier alpha value is -1.18. The molecule has 0 fully saturated rings. The zero-order valence-corrected chi connectivity index (χ0v) is 12.7. The zero-order valence-electron chi connectivity index (χ0n) is 12.7. The largest absolute Gasteiger partial charge is 0.493 e. The van der Waals surface area contributed by atoms with Gasteiger partial charge in [0.15, 0.2) is 11.5 Å². The van der Waals surface area contributed by atoms with Gasteiger partial charge in [-0.25, -0.2) is 0 Å². The van der Waals surface area contributed by atoms with E-state index in [9.17, 15) is 0 Å². The molecule has 0 spiro atoms. The molecule has 1 aliphatic carbocycles. The number of ether oxygens (including phenoxy) is 2. The molecule has 2 rings (SSSR count). The van der Waals surface area contributed by atoms with Gasteiger partial charge in [-0.2, -0.15) is 0 Å². The normalized spacial score (nSPS) is 21.9. The molecule has 0 aromatic heterocycles. The SMILES string of the molecule is CCC[C@@H]1Cc2c(ccc(OC)c2OC)CC1CC. The highest BCUT2D eigenvalue weighted by Gasteiger charge is 2.29. The molecular formula is C17H26O2. The summed E-state index contributed by atoms with van der Waals surface area (Å²) in [6, 6.07) is 4.27. The Morgan fingerprint density at radius 3 is 2.42 bits per heavy atom. The molecular weight excluding hydrogens is 236 g/mol. The minimum absolute atomic E-state index is 0.795. The third kappa shape index (κ3) is 2.72. The molecule has 0 heterocycles. The first-order valence-electron chi connectivity index (χ1n) is 7.47. The van der Waals surface area contributed by atoms with Crippen LogP contribution in [0.25, 0.3) is 0 Å². The van der Waals surface area contributed by atoms with E-state index >= 15 is 0 Å². The van der Waals surface area contributed by atoms with Gasteiger partial charge in [0.2, 0.25) is 0 Å². The van der Waals surface area contributed by atoms with Crippen molar-refractivity contribution in [1.29, 1.82) is 0 Å². The van der Waals surface area contributed by atoms with Crippen LogP contribution in [-0.2, 0) is 12.8 Å². The minimum Gasteiger partial charge on any atom is -0.493 e. The molecule has 1 unspecified atom stereocenters. The van der Waals surface area contributed by atoms with E-state index in [-0.39, 0.29) is 0 Å². The topological polar surface area (TPSA) is 18.5 Å². The third-order valence-corrected chi connectivity index (χ3v) is 4.54. The van der Waals surface area contributed by atoms with E-state index in [1.807, 2.05) is 6.07 Å². The summed E-state index contributed by atoms with van der Waals surface area (Å²) >= 11 is 0. The Bertz CT molecular complexity index is 426. The van der Waals surface area contributed by atoms with E-state index in [2.05, 4.69) is 19.9 Å². The maximum Gasteiger partial charge on any atom is 0.164 e. The number of methoxy groups -OCH3 is 2. The van der Waals surface area contributed by atoms with E-state index in [1.54, 1.807) is 14.2 Å². The first kappa shape index (κ1) is 14.2. The van der Waals surface area contributed by atoms with Gasteiger partial charge in [-0.15, -0.1) is 0 Å². The molecule has 0 N–H and O–H groups in total. The van der Waals surface area contributed by atoms with Gasteiger partial charge in [-0.3, -0.25) is 0 Å². The molecule has 0 aliphatic heterocycles. The highest BCUT2D eigenvalue weighted by molar-refractivity contribution is 5.52. The van der Waals surface area contributed by atoms with Crippen LogP contribution >= 0.6 is 0 Å². The van der Waals surface area contributed by atoms with Gasteiger partial charge < -0.3 is 9.47 Å². The van der Waals surface area contributed by atoms with Gasteiger partial charge in [0.25, 0.3) is 0 Å². The van der Waals surface area contributed by atoms with E-state index in [0.717, 1.165) is 29.8 Å². The minimum atomic E-state index is 0.795. The summed E-state index contributed by atoms with van der Waals surface area (Å²) in [5.74, 6) is 3.44. The highest BCUT2D eigenvalue weighted by Crippen LogP contribution is 2.42. The predicted octanol–water partition coefficient (Wildman–Crippen LogP) is 4.24. The van der Waals surface area contributed by atoms with E-state index in [0.29, 0.717) is 0 Å². The fraction of sp³-hybridized carbons (Fsp3) is 0.647. The first-order valence-corrected chi connectivity index (χ1v) is 7.47. The van der Waals surface area contributed by atoms with Crippen LogP contribution in [0, 0.1) is 11.8 Å². The second-order valence-corrected chi connectivity index (χ2v) is 5.56. The summed E-state index contributed by atoms with van der Waals surface area (Å²) in [6.45, 7) is 4.60. The second-order valence-electron chi connectivity index (χ2n) is 5.56. The number of benzene rings is 1. The summed E-state index contributed by atoms with van der Waals surface area (Å²) in [7, 11) is 3.46. The van der Waals surface area contributed by atoms with Crippen molar-refractivity contribution in [1.82, 2.24) is 0 Å². The molecule has 1 aromatic carbocycles. The molecule has 0 saturated carbocycles. The van der Waals surface area contributed by atoms with Crippen LogP contribution in [0.1, 0.15) is 44.2 Å². The molecule has 2 heteroatoms. The molecule has 1 aromatic rings. The van der Waals surface area contributed by atoms with Crippen molar-refractivity contribution in [3.8, 4) is 11.5 Å². The van der Waals surface area contributed by atoms with E-state index in [4.69, 9.17) is 9.47 Å². The monoisotopic (exact) mass is 262 g/mol. The molecule has 0 radical (unpaired) electrons. The lowest BCUT2D eigenvalue weighted by atomic mass is 9.72. The van der Waals surface area contributed by atoms with Crippen molar-refractivity contribution < 1.29 is 9.47 Å². The van der Waals surface area contributed by atoms with Gasteiger partial charge in [0, 0.05) is 5.56 Å². The molecule has 1 aliphatic rings. The highest BCUT2D eigenvalue weighted by atomic mass is 16.5. The molecule has 0 saturated heterocycles. The summed E-state index contributed by atoms with van der Waals surface area (Å²) in [6.07, 6.45) is 6.19. The predicted molar refractivity (Wildman–Crippen MR) is 79.1 cm³/mol. The van der Waals surface area contributed by atoms with Crippen LogP contribution in [0.3, 0.4) is 0 Å². The van der Waals surface area contributed by atoms with Crippen LogP contribution in [0.2, 0.25) is 0 Å². The van der Waals surface area contributed by atoms with Crippen molar-refractivity contribution in [3.63, 3.8) is 0 Å². The number of rotatable bonds is 5. The van der Waals surface area contributed by atoms with Crippen LogP contribution in [0.5, 0.6) is 11.5 Å². The van der Waals surface area contributed by atoms with Gasteiger partial charge in [0.05, 0.1) is 14.2 Å². The lowest BCUT2D eigenvalue weighted by molar-refractivity contribution is 0.271. The fourth-order valence-corrected chi connectivity index (χ4v) is 3.51. The Kier molecular flexibility index (Phi) is 4.73. The number of fused-ring (bicyclic) bond motifs is 1. The lowest BCUT2D eigenvalue weighted by Crippen LogP contribution is -2.25. The quantitative estimate of drug-likeness (QED) is 0.790. The van der Waals surface area contributed by atoms with Crippen molar-refractivity contribution in [2.45, 2.75) is 46.0 Å². The van der Waals surface area contributed by atoms with Crippen LogP contribution in [0.15, 0.2) is 12.1 Å². The Labute approximate surface area is 117 Å². The standard InChI is InChI=1S/C17H26O2/c1-5-7-13-11-15-14(10-12(13)6-2)8-9-16(18-3)17(15)19-4/h8-9,12-13H,5-7,10-11H2,1-4H3/t12?,13-/m1/s1. The number of hydrogen-bond acceptors (Lipinski definition) is 2. The molecule has 2 nitrogen and oxygen atoms in total. The maximum atomic E-state index is 5.60. The Balaban J connectivity index is 2.37. The Morgan fingerprint density at radius 1 is 1.05 bits per heavy atom. The maximum absolute atomic E-state index is 5.60. The summed E-state index contributed by atoms with van der Waals surface area (Å²) in [5.41, 5.74) is 2.84. The van der Waals surface area contributed by atoms with E-state index in [1.165, 1.54) is 36.8 Å². The van der Waals surface area contributed by atoms with Crippen molar-refractivity contribution in [3.05, 3.63) is 23.3 Å². The average molecular weight is 262 g/mol. The molecule has 106 valence electrons. The molecule has 2 atom stereocenters. The number of hydrogen-bond donors (Lipinski definition) is 0. The Morgan fingerprint density at radius 2 is 1.84 bits per heavy atom. The second kappa shape index (κ2) is 6.31. The fourth-order valence-electron chi connectivity index (χ4n) is 3.51. The molecule has 0 bridgehead atoms. The van der Waals surface area contributed by atoms with Crippen LogP contribution in [-0.4, -0.2) is 14.2 Å². The third-order valence-electron chi connectivity index (χ3n) is 4.54. The van der Waals surface area contributed by atoms with Crippen molar-refractivity contribution in [2.75, 3.05) is 14.2 Å². The van der Waals surface area contributed by atoms with Gasteiger partial charge in [-0.05, 0) is 36.3 Å². The van der Waals surface area contributed by atoms with Gasteiger partial charge in [0.1, 0.15) is 0 Å². The average Bonchev–Trinajstić information content (AvgIpc) is 2.45. The van der Waals surface area contributed by atoms with E-state index < -0.39 is 0 Å². The van der Waals surface area contributed by atoms with Crippen LogP contribution in [0.4, 0.5) is 0 Å². The molecule has 19 heavy (non-hydrogen) atoms. The van der Waals surface area contributed by atoms with Gasteiger partial charge in [-0.1, -0.05) is 39.2 Å². The molecule has 0 amide bonds. The summed E-state index contributed by atoms with van der Waals surface area (Å²) < 4.78 is 11.0. The van der Waals surface area contributed by atoms with Crippen molar-refractivity contribution >= 4 is 0 Å². The summed E-state index contributed by atoms with van der Waals surface area (Å²) in [5, 5.41) is 0. The van der Waals surface area contributed by atoms with Crippen LogP contribution < -0.4 is 9.47 Å². The van der Waals surface area contributed by atoms with Gasteiger partial charge >= 0.3 is 0 Å². The first-order chi connectivity index (χ1) is 9.24. The lowest BCUT2D eigenvalue weighted by Gasteiger charge is -2.33. The van der Waals surface area contributed by atoms with Crippen molar-refractivity contribution in [2.24, 2.45) is 11.8 Å². The smallest absolute Gasteiger partial charge is 0.164 e. The zero-order chi connectivity index (χ0) is 13.8. The summed E-state index contributed by atoms with van der Waals surface area (Å²) in [4.78, 5) is 0.